The Labute approximate surface area is 201 Å². The Morgan fingerprint density at radius 1 is 1.14 bits per heavy atom. The Morgan fingerprint density at radius 3 is 2.69 bits per heavy atom. The second kappa shape index (κ2) is 9.58. The molecule has 1 aromatic carbocycles. The number of allylic oxidation sites excluding steroid dienone is 1. The zero-order valence-corrected chi connectivity index (χ0v) is 19.4. The quantitative estimate of drug-likeness (QED) is 0.434. The third-order valence-electron chi connectivity index (χ3n) is 6.83. The number of halogens is 2. The Bertz CT molecular complexity index is 1350. The number of piperazine rings is 1. The first kappa shape index (κ1) is 23.2. The molecule has 2 aromatic heterocycles. The monoisotopic (exact) mass is 479 g/mol. The fourth-order valence-electron chi connectivity index (χ4n) is 5.01. The van der Waals surface area contributed by atoms with E-state index in [0.717, 1.165) is 25.2 Å². The molecule has 2 atom stereocenters. The molecule has 0 radical (unpaired) electrons. The zero-order chi connectivity index (χ0) is 24.5. The van der Waals surface area contributed by atoms with Crippen LogP contribution in [-0.4, -0.2) is 59.5 Å². The van der Waals surface area contributed by atoms with Crippen molar-refractivity contribution >= 4 is 22.4 Å². The number of hydrogen-bond donors (Lipinski definition) is 2. The molecule has 7 nitrogen and oxygen atoms in total. The standard InChI is InChI=1S/C26H27F2N5O2/c1-2-29-25(34)20-8-9-22(24(28)30-20)33-12-10-32(11-13-33)18-7-6-16(14-18)21-15-17-4-3-5-19(27)23(17)26(35)31-21/h3-9,15-16,18H,2,10-14H2,1H3,(H,29,34)(H,31,35). The minimum Gasteiger partial charge on any atom is -0.365 e. The van der Waals surface area contributed by atoms with Gasteiger partial charge in [0.1, 0.15) is 11.5 Å². The van der Waals surface area contributed by atoms with Crippen molar-refractivity contribution in [2.45, 2.75) is 25.3 Å². The van der Waals surface area contributed by atoms with Gasteiger partial charge in [-0.15, -0.1) is 0 Å². The van der Waals surface area contributed by atoms with Gasteiger partial charge in [-0.3, -0.25) is 14.5 Å². The first-order valence-electron chi connectivity index (χ1n) is 11.9. The number of hydrogen-bond acceptors (Lipinski definition) is 5. The average Bonchev–Trinajstić information content (AvgIpc) is 3.35. The summed E-state index contributed by atoms with van der Waals surface area (Å²) in [5.74, 6) is -1.50. The molecule has 0 saturated carbocycles. The molecule has 1 amide bonds. The molecule has 1 aliphatic heterocycles. The second-order valence-electron chi connectivity index (χ2n) is 8.94. The van der Waals surface area contributed by atoms with Gasteiger partial charge in [-0.25, -0.2) is 9.37 Å². The van der Waals surface area contributed by atoms with E-state index in [2.05, 4.69) is 32.3 Å². The maximum absolute atomic E-state index is 14.6. The van der Waals surface area contributed by atoms with E-state index in [9.17, 15) is 18.4 Å². The molecule has 3 aromatic rings. The van der Waals surface area contributed by atoms with Gasteiger partial charge in [-0.2, -0.15) is 4.39 Å². The van der Waals surface area contributed by atoms with Gasteiger partial charge in [0.15, 0.2) is 0 Å². The van der Waals surface area contributed by atoms with E-state index in [-0.39, 0.29) is 28.9 Å². The molecule has 1 fully saturated rings. The van der Waals surface area contributed by atoms with Crippen molar-refractivity contribution in [3.63, 3.8) is 0 Å². The molecule has 2 N–H and O–H groups in total. The van der Waals surface area contributed by atoms with Crippen molar-refractivity contribution in [1.82, 2.24) is 20.2 Å². The largest absolute Gasteiger partial charge is 0.365 e. The lowest BCUT2D eigenvalue weighted by atomic mass is 10.00. The van der Waals surface area contributed by atoms with E-state index in [1.54, 1.807) is 31.2 Å². The van der Waals surface area contributed by atoms with E-state index < -0.39 is 17.3 Å². The minimum atomic E-state index is -0.639. The SMILES string of the molecule is CCNC(=O)c1ccc(N2CCN(C3C=CC(c4cc5cccc(F)c5c(=O)[nH]4)C3)CC2)c(F)n1. The third kappa shape index (κ3) is 4.55. The van der Waals surface area contributed by atoms with E-state index in [1.807, 2.05) is 11.0 Å². The van der Waals surface area contributed by atoms with Gasteiger partial charge in [0.05, 0.1) is 11.1 Å². The molecule has 1 aliphatic carbocycles. The highest BCUT2D eigenvalue weighted by Gasteiger charge is 2.29. The summed E-state index contributed by atoms with van der Waals surface area (Å²) in [6, 6.07) is 9.89. The highest BCUT2D eigenvalue weighted by molar-refractivity contribution is 5.92. The minimum absolute atomic E-state index is 0.0434. The normalized spacial score (nSPS) is 20.5. The van der Waals surface area contributed by atoms with E-state index in [1.165, 1.54) is 6.07 Å². The van der Waals surface area contributed by atoms with Gasteiger partial charge in [0.2, 0.25) is 5.95 Å². The molecule has 2 unspecified atom stereocenters. The molecular weight excluding hydrogens is 452 g/mol. The zero-order valence-electron chi connectivity index (χ0n) is 19.4. The van der Waals surface area contributed by atoms with Crippen LogP contribution >= 0.6 is 0 Å². The van der Waals surface area contributed by atoms with Crippen LogP contribution in [0.5, 0.6) is 0 Å². The van der Waals surface area contributed by atoms with Gasteiger partial charge in [-0.05, 0) is 43.0 Å². The topological polar surface area (TPSA) is 81.3 Å². The average molecular weight is 480 g/mol. The third-order valence-corrected chi connectivity index (χ3v) is 6.83. The van der Waals surface area contributed by atoms with Crippen molar-refractivity contribution in [1.29, 1.82) is 0 Å². The van der Waals surface area contributed by atoms with Crippen LogP contribution in [0, 0.1) is 11.8 Å². The highest BCUT2D eigenvalue weighted by atomic mass is 19.1. The number of anilines is 1. The van der Waals surface area contributed by atoms with Gasteiger partial charge < -0.3 is 15.2 Å². The fraction of sp³-hybridized carbons (Fsp3) is 0.346. The number of H-pyrrole nitrogens is 1. The summed E-state index contributed by atoms with van der Waals surface area (Å²) in [7, 11) is 0. The number of amides is 1. The van der Waals surface area contributed by atoms with Crippen LogP contribution in [0.2, 0.25) is 0 Å². The van der Waals surface area contributed by atoms with E-state index in [4.69, 9.17) is 0 Å². The number of nitrogens with one attached hydrogen (secondary N) is 2. The summed E-state index contributed by atoms with van der Waals surface area (Å²) in [6.45, 7) is 5.03. The molecule has 0 bridgehead atoms. The van der Waals surface area contributed by atoms with Crippen molar-refractivity contribution in [2.75, 3.05) is 37.6 Å². The Morgan fingerprint density at radius 2 is 1.94 bits per heavy atom. The molecule has 2 aliphatic rings. The summed E-state index contributed by atoms with van der Waals surface area (Å²) in [5, 5.41) is 3.31. The van der Waals surface area contributed by atoms with Crippen LogP contribution in [-0.2, 0) is 0 Å². The lowest BCUT2D eigenvalue weighted by molar-refractivity contribution is 0.0949. The number of aromatic amines is 1. The number of carbonyl (C=O) groups is 1. The summed E-state index contributed by atoms with van der Waals surface area (Å²) in [4.78, 5) is 35.4. The number of nitrogens with zero attached hydrogens (tertiary/aromatic N) is 3. The van der Waals surface area contributed by atoms with Crippen LogP contribution < -0.4 is 15.8 Å². The number of fused-ring (bicyclic) bond motifs is 1. The second-order valence-corrected chi connectivity index (χ2v) is 8.94. The van der Waals surface area contributed by atoms with Crippen molar-refractivity contribution in [2.24, 2.45) is 0 Å². The Hall–Kier alpha value is -3.59. The van der Waals surface area contributed by atoms with Gasteiger partial charge in [0.25, 0.3) is 11.5 Å². The Balaban J connectivity index is 1.22. The summed E-state index contributed by atoms with van der Waals surface area (Å²) < 4.78 is 28.7. The first-order chi connectivity index (χ1) is 16.9. The number of rotatable bonds is 5. The van der Waals surface area contributed by atoms with Crippen LogP contribution in [0.15, 0.2) is 53.3 Å². The first-order valence-corrected chi connectivity index (χ1v) is 11.9. The number of carbonyl (C=O) groups excluding carboxylic acids is 1. The summed E-state index contributed by atoms with van der Waals surface area (Å²) in [5.41, 5.74) is 0.850. The van der Waals surface area contributed by atoms with Gasteiger partial charge >= 0.3 is 0 Å². The molecule has 1 saturated heterocycles. The van der Waals surface area contributed by atoms with Crippen LogP contribution in [0.3, 0.4) is 0 Å². The molecule has 182 valence electrons. The van der Waals surface area contributed by atoms with Crippen molar-refractivity contribution < 1.29 is 13.6 Å². The maximum atomic E-state index is 14.6. The highest BCUT2D eigenvalue weighted by Crippen LogP contribution is 2.32. The number of aromatic nitrogens is 2. The van der Waals surface area contributed by atoms with E-state index in [0.29, 0.717) is 30.7 Å². The predicted octanol–water partition coefficient (Wildman–Crippen LogP) is 3.19. The molecule has 0 spiro atoms. The summed E-state index contributed by atoms with van der Waals surface area (Å²) in [6.07, 6.45) is 5.06. The fourth-order valence-corrected chi connectivity index (χ4v) is 5.01. The van der Waals surface area contributed by atoms with Crippen LogP contribution in [0.4, 0.5) is 14.5 Å². The lowest BCUT2D eigenvalue weighted by Crippen LogP contribution is -2.50. The molecule has 3 heterocycles. The van der Waals surface area contributed by atoms with Crippen LogP contribution in [0.25, 0.3) is 10.8 Å². The van der Waals surface area contributed by atoms with E-state index >= 15 is 0 Å². The van der Waals surface area contributed by atoms with Gasteiger partial charge in [-0.1, -0.05) is 24.3 Å². The lowest BCUT2D eigenvalue weighted by Gasteiger charge is -2.38. The molecule has 9 heteroatoms. The Kier molecular flexibility index (Phi) is 6.34. The number of benzene rings is 1. The summed E-state index contributed by atoms with van der Waals surface area (Å²) >= 11 is 0. The molecular formula is C26H27F2N5O2. The van der Waals surface area contributed by atoms with Crippen LogP contribution in [0.1, 0.15) is 35.4 Å². The molecule has 5 rings (SSSR count). The predicted molar refractivity (Wildman–Crippen MR) is 131 cm³/mol. The van der Waals surface area contributed by atoms with Gasteiger partial charge in [0, 0.05) is 50.4 Å². The smallest absolute Gasteiger partial charge is 0.269 e. The van der Waals surface area contributed by atoms with Crippen molar-refractivity contribution in [3.05, 3.63) is 82.1 Å². The maximum Gasteiger partial charge on any atom is 0.269 e. The molecule has 35 heavy (non-hydrogen) atoms. The number of pyridine rings is 2. The van der Waals surface area contributed by atoms with Crippen molar-refractivity contribution in [3.8, 4) is 0 Å².